The summed E-state index contributed by atoms with van der Waals surface area (Å²) >= 11 is 9.55. The molecule has 0 spiro atoms. The highest BCUT2D eigenvalue weighted by atomic mass is 79.9. The maximum Gasteiger partial charge on any atom is 0.312 e. The Labute approximate surface area is 261 Å². The number of rotatable bonds is 7. The lowest BCUT2D eigenvalue weighted by molar-refractivity contribution is -0.386. The first-order valence-electron chi connectivity index (χ1n) is 13.1. The van der Waals surface area contributed by atoms with Gasteiger partial charge in [0, 0.05) is 22.0 Å². The minimum absolute atomic E-state index is 0.0379. The Kier molecular flexibility index (Phi) is 6.99. The Morgan fingerprint density at radius 1 is 1.07 bits per heavy atom. The molecule has 218 valence electrons. The zero-order valence-corrected chi connectivity index (χ0v) is 24.7. The van der Waals surface area contributed by atoms with E-state index in [1.807, 2.05) is 0 Å². The van der Waals surface area contributed by atoms with Crippen molar-refractivity contribution in [3.63, 3.8) is 0 Å². The summed E-state index contributed by atoms with van der Waals surface area (Å²) in [6, 6.07) is 22.0. The number of furan rings is 1. The Bertz CT molecular complexity index is 2210. The molecule has 0 N–H and O–H groups in total. The molecule has 2 aromatic heterocycles. The number of hydrogen-bond acceptors (Lipinski definition) is 9. The first-order chi connectivity index (χ1) is 21.3. The Morgan fingerprint density at radius 2 is 1.91 bits per heavy atom. The zero-order valence-electron chi connectivity index (χ0n) is 22.4. The number of aromatic nitrogens is 2. The molecule has 44 heavy (non-hydrogen) atoms. The molecule has 0 radical (unpaired) electrons. The molecule has 7 rings (SSSR count). The van der Waals surface area contributed by atoms with Gasteiger partial charge in [-0.15, -0.1) is 0 Å². The number of halogens is 2. The van der Waals surface area contributed by atoms with Gasteiger partial charge in [-0.05, 0) is 76.1 Å². The smallest absolute Gasteiger partial charge is 0.312 e. The third kappa shape index (κ3) is 5.14. The molecule has 0 bridgehead atoms. The number of ether oxygens (including phenoxy) is 3. The van der Waals surface area contributed by atoms with Crippen LogP contribution in [-0.4, -0.2) is 27.6 Å². The molecule has 0 atom stereocenters. The summed E-state index contributed by atoms with van der Waals surface area (Å²) in [6.07, 6.45) is 1.33. The monoisotopic (exact) mass is 672 g/mol. The van der Waals surface area contributed by atoms with Gasteiger partial charge in [0.25, 0.3) is 5.56 Å². The van der Waals surface area contributed by atoms with Gasteiger partial charge in [0.1, 0.15) is 12.2 Å². The largest absolute Gasteiger partial charge is 0.481 e. The van der Waals surface area contributed by atoms with E-state index in [1.54, 1.807) is 72.8 Å². The highest BCUT2D eigenvalue weighted by molar-refractivity contribution is 9.10. The summed E-state index contributed by atoms with van der Waals surface area (Å²) < 4.78 is 24.0. The van der Waals surface area contributed by atoms with Crippen LogP contribution in [-0.2, 0) is 6.61 Å². The molecule has 0 saturated carbocycles. The number of nitro benzene ring substituents is 1. The summed E-state index contributed by atoms with van der Waals surface area (Å²) in [5.74, 6) is 1.68. The van der Waals surface area contributed by atoms with E-state index in [9.17, 15) is 14.9 Å². The standard InChI is InChI=1S/C31H18BrClN4O7/c32-22-9-18(10-24(37(39)40)29(22)41-15-17-5-7-26-27(11-17)43-16-42-26)14-34-36-30(35-23-4-2-1-3-21(23)31(36)38)28-13-19-12-20(33)6-8-25(19)44-28/h1-14H,15-16H2. The summed E-state index contributed by atoms with van der Waals surface area (Å²) in [7, 11) is 0. The Morgan fingerprint density at radius 3 is 2.77 bits per heavy atom. The second kappa shape index (κ2) is 11.1. The van der Waals surface area contributed by atoms with E-state index in [1.165, 1.54) is 12.3 Å². The van der Waals surface area contributed by atoms with Gasteiger partial charge in [-0.3, -0.25) is 14.9 Å². The van der Waals surface area contributed by atoms with Crippen LogP contribution < -0.4 is 19.8 Å². The van der Waals surface area contributed by atoms with Gasteiger partial charge >= 0.3 is 5.69 Å². The van der Waals surface area contributed by atoms with E-state index in [2.05, 4.69) is 26.0 Å². The van der Waals surface area contributed by atoms with Gasteiger partial charge in [-0.1, -0.05) is 29.8 Å². The van der Waals surface area contributed by atoms with Crippen molar-refractivity contribution in [3.8, 4) is 28.8 Å². The number of nitrogens with zero attached hydrogens (tertiary/aromatic N) is 4. The minimum Gasteiger partial charge on any atom is -0.481 e. The van der Waals surface area contributed by atoms with Crippen LogP contribution in [0.15, 0.2) is 97.6 Å². The van der Waals surface area contributed by atoms with E-state index in [0.717, 1.165) is 15.6 Å². The lowest BCUT2D eigenvalue weighted by Gasteiger charge is -2.10. The van der Waals surface area contributed by atoms with Gasteiger partial charge in [0.05, 0.1) is 26.5 Å². The van der Waals surface area contributed by atoms with Crippen LogP contribution >= 0.6 is 27.5 Å². The van der Waals surface area contributed by atoms with Crippen LogP contribution in [0.1, 0.15) is 11.1 Å². The van der Waals surface area contributed by atoms with Crippen molar-refractivity contribution < 1.29 is 23.6 Å². The molecular formula is C31H18BrClN4O7. The van der Waals surface area contributed by atoms with Crippen molar-refractivity contribution in [2.75, 3.05) is 6.79 Å². The van der Waals surface area contributed by atoms with Crippen molar-refractivity contribution in [1.82, 2.24) is 9.66 Å². The fraction of sp³-hybridized carbons (Fsp3) is 0.0645. The van der Waals surface area contributed by atoms with Crippen molar-refractivity contribution >= 4 is 61.3 Å². The lowest BCUT2D eigenvalue weighted by atomic mass is 10.2. The van der Waals surface area contributed by atoms with Crippen LogP contribution in [0, 0.1) is 10.1 Å². The van der Waals surface area contributed by atoms with Gasteiger partial charge < -0.3 is 18.6 Å². The molecule has 1 aliphatic heterocycles. The quantitative estimate of drug-likeness (QED) is 0.0979. The van der Waals surface area contributed by atoms with Crippen LogP contribution in [0.5, 0.6) is 17.2 Å². The van der Waals surface area contributed by atoms with Crippen LogP contribution in [0.2, 0.25) is 5.02 Å². The number of hydrogen-bond donors (Lipinski definition) is 0. The van der Waals surface area contributed by atoms with E-state index < -0.39 is 10.5 Å². The number of para-hydroxylation sites is 1. The van der Waals surface area contributed by atoms with Gasteiger partial charge in [0.15, 0.2) is 17.3 Å². The molecule has 11 nitrogen and oxygen atoms in total. The molecule has 13 heteroatoms. The average Bonchev–Trinajstić information content (AvgIpc) is 3.66. The number of benzene rings is 4. The molecular weight excluding hydrogens is 656 g/mol. The molecule has 3 heterocycles. The second-order valence-corrected chi connectivity index (χ2v) is 11.0. The molecule has 1 aliphatic rings. The van der Waals surface area contributed by atoms with E-state index >= 15 is 0 Å². The predicted molar refractivity (Wildman–Crippen MR) is 167 cm³/mol. The molecule has 0 saturated heterocycles. The molecule has 4 aromatic carbocycles. The highest BCUT2D eigenvalue weighted by Gasteiger charge is 2.22. The first-order valence-corrected chi connectivity index (χ1v) is 14.3. The van der Waals surface area contributed by atoms with Crippen molar-refractivity contribution in [2.45, 2.75) is 6.61 Å². The second-order valence-electron chi connectivity index (χ2n) is 9.69. The number of nitro groups is 1. The average molecular weight is 674 g/mol. The van der Waals surface area contributed by atoms with Gasteiger partial charge in [-0.25, -0.2) is 4.98 Å². The fourth-order valence-corrected chi connectivity index (χ4v) is 5.54. The number of fused-ring (bicyclic) bond motifs is 3. The topological polar surface area (TPSA) is 131 Å². The maximum absolute atomic E-state index is 13.6. The first kappa shape index (κ1) is 27.6. The summed E-state index contributed by atoms with van der Waals surface area (Å²) in [4.78, 5) is 29.7. The van der Waals surface area contributed by atoms with Gasteiger partial charge in [-0.2, -0.15) is 9.78 Å². The third-order valence-electron chi connectivity index (χ3n) is 6.84. The van der Waals surface area contributed by atoms with E-state index in [4.69, 9.17) is 30.2 Å². The van der Waals surface area contributed by atoms with Crippen LogP contribution in [0.25, 0.3) is 33.5 Å². The highest BCUT2D eigenvalue weighted by Crippen LogP contribution is 2.38. The molecule has 0 fully saturated rings. The van der Waals surface area contributed by atoms with E-state index in [0.29, 0.717) is 48.8 Å². The van der Waals surface area contributed by atoms with Gasteiger partial charge in [0.2, 0.25) is 18.4 Å². The van der Waals surface area contributed by atoms with Crippen LogP contribution in [0.3, 0.4) is 0 Å². The SMILES string of the molecule is O=c1c2ccccc2nc(-c2cc3cc(Cl)ccc3o2)n1N=Cc1cc(Br)c(OCc2ccc3c(c2)OCO3)c([N+](=O)[O-])c1. The molecule has 6 aromatic rings. The Balaban J connectivity index is 1.26. The predicted octanol–water partition coefficient (Wildman–Crippen LogP) is 7.32. The molecule has 0 unspecified atom stereocenters. The minimum atomic E-state index is -0.550. The van der Waals surface area contributed by atoms with Crippen molar-refractivity contribution in [2.24, 2.45) is 5.10 Å². The fourth-order valence-electron chi connectivity index (χ4n) is 4.78. The van der Waals surface area contributed by atoms with Crippen molar-refractivity contribution in [3.05, 3.63) is 120 Å². The summed E-state index contributed by atoms with van der Waals surface area (Å²) in [5, 5.41) is 18.1. The van der Waals surface area contributed by atoms with Crippen molar-refractivity contribution in [1.29, 1.82) is 0 Å². The molecule has 0 amide bonds. The molecule has 0 aliphatic carbocycles. The maximum atomic E-state index is 13.6. The zero-order chi connectivity index (χ0) is 30.4. The summed E-state index contributed by atoms with van der Waals surface area (Å²) in [6.45, 7) is 0.184. The Hall–Kier alpha value is -5.20. The third-order valence-corrected chi connectivity index (χ3v) is 7.66. The normalized spacial score (nSPS) is 12.4. The summed E-state index contributed by atoms with van der Waals surface area (Å²) in [5.41, 5.74) is 1.35. The van der Waals surface area contributed by atoms with E-state index in [-0.39, 0.29) is 30.7 Å². The van der Waals surface area contributed by atoms with Crippen LogP contribution in [0.4, 0.5) is 5.69 Å². The lowest BCUT2D eigenvalue weighted by Crippen LogP contribution is -2.20.